The van der Waals surface area contributed by atoms with Crippen LogP contribution in [-0.2, 0) is 14.3 Å². The van der Waals surface area contributed by atoms with Crippen molar-refractivity contribution in [3.05, 3.63) is 12.2 Å². The molecule has 0 spiro atoms. The molecule has 1 rings (SSSR count). The van der Waals surface area contributed by atoms with E-state index in [1.807, 2.05) is 0 Å². The van der Waals surface area contributed by atoms with Crippen molar-refractivity contribution >= 4 is 11.8 Å². The predicted molar refractivity (Wildman–Crippen MR) is 62.0 cm³/mol. The van der Waals surface area contributed by atoms with Crippen LogP contribution in [0.2, 0.25) is 0 Å². The largest absolute Gasteiger partial charge is 0.463 e. The Bertz CT molecular complexity index is 275. The van der Waals surface area contributed by atoms with Crippen molar-refractivity contribution in [3.8, 4) is 0 Å². The summed E-state index contributed by atoms with van der Waals surface area (Å²) in [5, 5.41) is 0. The molecule has 0 N–H and O–H groups in total. The van der Waals surface area contributed by atoms with Gasteiger partial charge in [-0.2, -0.15) is 0 Å². The fourth-order valence-corrected chi connectivity index (χ4v) is 2.08. The summed E-state index contributed by atoms with van der Waals surface area (Å²) < 4.78 is 4.80. The molecule has 0 atom stereocenters. The third kappa shape index (κ3) is 3.80. The third-order valence-corrected chi connectivity index (χ3v) is 3.01. The summed E-state index contributed by atoms with van der Waals surface area (Å²) in [5.74, 6) is -0.149. The van der Waals surface area contributed by atoms with E-state index in [0.717, 1.165) is 25.7 Å². The molecule has 16 heavy (non-hydrogen) atoms. The fourth-order valence-electron chi connectivity index (χ4n) is 2.08. The SMILES string of the molecule is C=C(CC(=O)C1CCCCC1)C(=O)OCC. The number of carbonyl (C=O) groups is 2. The molecule has 1 aliphatic carbocycles. The summed E-state index contributed by atoms with van der Waals surface area (Å²) in [7, 11) is 0. The zero-order valence-electron chi connectivity index (χ0n) is 9.96. The monoisotopic (exact) mass is 224 g/mol. The van der Waals surface area contributed by atoms with Crippen LogP contribution >= 0.6 is 0 Å². The molecular formula is C13H20O3. The number of ether oxygens (including phenoxy) is 1. The zero-order chi connectivity index (χ0) is 12.0. The third-order valence-electron chi connectivity index (χ3n) is 3.01. The van der Waals surface area contributed by atoms with Crippen molar-refractivity contribution in [2.45, 2.75) is 45.4 Å². The van der Waals surface area contributed by atoms with E-state index in [2.05, 4.69) is 6.58 Å². The number of Topliss-reactive ketones (excluding diaryl/α,β-unsaturated/α-hetero) is 1. The minimum absolute atomic E-state index is 0.139. The van der Waals surface area contributed by atoms with Crippen LogP contribution in [0.15, 0.2) is 12.2 Å². The Morgan fingerprint density at radius 2 is 1.88 bits per heavy atom. The van der Waals surface area contributed by atoms with Gasteiger partial charge in [-0.1, -0.05) is 25.8 Å². The van der Waals surface area contributed by atoms with Gasteiger partial charge in [-0.05, 0) is 19.8 Å². The van der Waals surface area contributed by atoms with E-state index in [0.29, 0.717) is 6.61 Å². The fraction of sp³-hybridized carbons (Fsp3) is 0.692. The first-order valence-electron chi connectivity index (χ1n) is 6.02. The van der Waals surface area contributed by atoms with Gasteiger partial charge in [0, 0.05) is 17.9 Å². The number of rotatable bonds is 5. The Labute approximate surface area is 96.9 Å². The number of carbonyl (C=O) groups excluding carboxylic acids is 2. The zero-order valence-corrected chi connectivity index (χ0v) is 9.96. The molecule has 0 aromatic heterocycles. The standard InChI is InChI=1S/C13H20O3/c1-3-16-13(15)10(2)9-12(14)11-7-5-4-6-8-11/h11H,2-9H2,1H3. The molecule has 3 nitrogen and oxygen atoms in total. The van der Waals surface area contributed by atoms with Crippen molar-refractivity contribution < 1.29 is 14.3 Å². The predicted octanol–water partition coefficient (Wildman–Crippen LogP) is 2.65. The van der Waals surface area contributed by atoms with Gasteiger partial charge in [-0.3, -0.25) is 4.79 Å². The Kier molecular flexibility index (Phi) is 5.23. The molecule has 1 fully saturated rings. The van der Waals surface area contributed by atoms with Crippen LogP contribution in [-0.4, -0.2) is 18.4 Å². The number of hydrogen-bond donors (Lipinski definition) is 0. The lowest BCUT2D eigenvalue weighted by Gasteiger charge is -2.20. The molecule has 0 radical (unpaired) electrons. The van der Waals surface area contributed by atoms with Gasteiger partial charge < -0.3 is 4.74 Å². The highest BCUT2D eigenvalue weighted by atomic mass is 16.5. The molecule has 0 unspecified atom stereocenters. The highest BCUT2D eigenvalue weighted by Crippen LogP contribution is 2.26. The molecule has 1 saturated carbocycles. The molecule has 0 aromatic rings. The minimum Gasteiger partial charge on any atom is -0.463 e. The normalized spacial score (nSPS) is 16.8. The number of esters is 1. The minimum atomic E-state index is -0.438. The molecule has 0 aromatic carbocycles. The molecular weight excluding hydrogens is 204 g/mol. The van der Waals surface area contributed by atoms with Gasteiger partial charge in [-0.15, -0.1) is 0 Å². The summed E-state index contributed by atoms with van der Waals surface area (Å²) >= 11 is 0. The Hall–Kier alpha value is -1.12. The van der Waals surface area contributed by atoms with Gasteiger partial charge in [-0.25, -0.2) is 4.79 Å². The maximum Gasteiger partial charge on any atom is 0.333 e. The number of ketones is 1. The van der Waals surface area contributed by atoms with Gasteiger partial charge >= 0.3 is 5.97 Å². The van der Waals surface area contributed by atoms with Crippen molar-refractivity contribution in [1.82, 2.24) is 0 Å². The summed E-state index contributed by atoms with van der Waals surface area (Å²) in [4.78, 5) is 23.1. The first-order chi connectivity index (χ1) is 7.65. The quantitative estimate of drug-likeness (QED) is 0.532. The van der Waals surface area contributed by atoms with E-state index >= 15 is 0 Å². The lowest BCUT2D eigenvalue weighted by Crippen LogP contribution is -2.20. The highest BCUT2D eigenvalue weighted by Gasteiger charge is 2.23. The molecule has 3 heteroatoms. The maximum atomic E-state index is 11.8. The second kappa shape index (κ2) is 6.46. The summed E-state index contributed by atoms with van der Waals surface area (Å²) in [6.07, 6.45) is 5.57. The van der Waals surface area contributed by atoms with Crippen LogP contribution in [0, 0.1) is 5.92 Å². The van der Waals surface area contributed by atoms with Crippen LogP contribution in [0.1, 0.15) is 45.4 Å². The van der Waals surface area contributed by atoms with Crippen molar-refractivity contribution in [2.24, 2.45) is 5.92 Å². The summed E-state index contributed by atoms with van der Waals surface area (Å²) in [5.41, 5.74) is 0.289. The van der Waals surface area contributed by atoms with Gasteiger partial charge in [0.15, 0.2) is 0 Å². The van der Waals surface area contributed by atoms with Gasteiger partial charge in [0.25, 0.3) is 0 Å². The average Bonchev–Trinajstić information content (AvgIpc) is 2.30. The van der Waals surface area contributed by atoms with Crippen LogP contribution in [0.5, 0.6) is 0 Å². The van der Waals surface area contributed by atoms with E-state index in [9.17, 15) is 9.59 Å². The Balaban J connectivity index is 2.37. The van der Waals surface area contributed by atoms with E-state index < -0.39 is 5.97 Å². The second-order valence-corrected chi connectivity index (χ2v) is 4.30. The maximum absolute atomic E-state index is 11.8. The average molecular weight is 224 g/mol. The van der Waals surface area contributed by atoms with Gasteiger partial charge in [0.2, 0.25) is 0 Å². The van der Waals surface area contributed by atoms with Crippen LogP contribution in [0.3, 0.4) is 0 Å². The van der Waals surface area contributed by atoms with Crippen LogP contribution in [0.25, 0.3) is 0 Å². The first kappa shape index (κ1) is 12.9. The molecule has 0 amide bonds. The second-order valence-electron chi connectivity index (χ2n) is 4.30. The van der Waals surface area contributed by atoms with E-state index in [1.165, 1.54) is 6.42 Å². The molecule has 0 aliphatic heterocycles. The highest BCUT2D eigenvalue weighted by molar-refractivity contribution is 5.96. The first-order valence-corrected chi connectivity index (χ1v) is 6.02. The number of hydrogen-bond acceptors (Lipinski definition) is 3. The molecule has 1 aliphatic rings. The molecule has 0 heterocycles. The van der Waals surface area contributed by atoms with Gasteiger partial charge in [0.05, 0.1) is 6.61 Å². The van der Waals surface area contributed by atoms with Crippen molar-refractivity contribution in [2.75, 3.05) is 6.61 Å². The summed E-state index contributed by atoms with van der Waals surface area (Å²) in [6, 6.07) is 0. The topological polar surface area (TPSA) is 43.4 Å². The van der Waals surface area contributed by atoms with Crippen molar-refractivity contribution in [1.29, 1.82) is 0 Å². The van der Waals surface area contributed by atoms with Crippen LogP contribution < -0.4 is 0 Å². The van der Waals surface area contributed by atoms with E-state index in [-0.39, 0.29) is 23.7 Å². The van der Waals surface area contributed by atoms with Gasteiger partial charge in [0.1, 0.15) is 5.78 Å². The Morgan fingerprint density at radius 3 is 2.44 bits per heavy atom. The van der Waals surface area contributed by atoms with E-state index in [4.69, 9.17) is 4.74 Å². The lowest BCUT2D eigenvalue weighted by atomic mass is 9.84. The van der Waals surface area contributed by atoms with Crippen LogP contribution in [0.4, 0.5) is 0 Å². The Morgan fingerprint density at radius 1 is 1.25 bits per heavy atom. The molecule has 0 bridgehead atoms. The molecule has 90 valence electrons. The lowest BCUT2D eigenvalue weighted by molar-refractivity contribution is -0.139. The molecule has 0 saturated heterocycles. The summed E-state index contributed by atoms with van der Waals surface area (Å²) in [6.45, 7) is 5.69. The van der Waals surface area contributed by atoms with E-state index in [1.54, 1.807) is 6.92 Å². The smallest absolute Gasteiger partial charge is 0.333 e. The van der Waals surface area contributed by atoms with Crippen molar-refractivity contribution in [3.63, 3.8) is 0 Å².